The molecule has 124 valence electrons. The number of amides is 1. The molecular weight excluding hydrogens is 302 g/mol. The van der Waals surface area contributed by atoms with Crippen LogP contribution in [0.25, 0.3) is 11.0 Å². The number of methoxy groups -OCH3 is 1. The van der Waals surface area contributed by atoms with Crippen LogP contribution in [0.15, 0.2) is 54.9 Å². The SMILES string of the molecule is COCc1ccccc1CNC(=O)CCn1cnc2ccccc21. The number of carbonyl (C=O) groups is 1. The maximum absolute atomic E-state index is 12.1. The Morgan fingerprint density at radius 1 is 1.12 bits per heavy atom. The van der Waals surface area contributed by atoms with Crippen LogP contribution in [0.5, 0.6) is 0 Å². The van der Waals surface area contributed by atoms with Crippen molar-refractivity contribution in [2.24, 2.45) is 0 Å². The van der Waals surface area contributed by atoms with Crippen LogP contribution in [0.1, 0.15) is 17.5 Å². The first kappa shape index (κ1) is 16.2. The molecule has 1 amide bonds. The molecule has 24 heavy (non-hydrogen) atoms. The molecule has 5 heteroatoms. The van der Waals surface area contributed by atoms with Crippen molar-refractivity contribution in [3.8, 4) is 0 Å². The topological polar surface area (TPSA) is 56.1 Å². The predicted molar refractivity (Wildman–Crippen MR) is 93.4 cm³/mol. The average molecular weight is 323 g/mol. The number of para-hydroxylation sites is 2. The highest BCUT2D eigenvalue weighted by Gasteiger charge is 2.07. The van der Waals surface area contributed by atoms with Gasteiger partial charge in [0.1, 0.15) is 0 Å². The van der Waals surface area contributed by atoms with Crippen LogP contribution in [0.2, 0.25) is 0 Å². The number of hydrogen-bond donors (Lipinski definition) is 1. The van der Waals surface area contributed by atoms with Gasteiger partial charge in [-0.2, -0.15) is 0 Å². The Hall–Kier alpha value is -2.66. The van der Waals surface area contributed by atoms with E-state index < -0.39 is 0 Å². The lowest BCUT2D eigenvalue weighted by molar-refractivity contribution is -0.121. The zero-order valence-corrected chi connectivity index (χ0v) is 13.7. The molecular formula is C19H21N3O2. The summed E-state index contributed by atoms with van der Waals surface area (Å²) in [7, 11) is 1.67. The molecule has 0 saturated carbocycles. The summed E-state index contributed by atoms with van der Waals surface area (Å²) >= 11 is 0. The summed E-state index contributed by atoms with van der Waals surface area (Å²) in [5.41, 5.74) is 4.18. The Labute approximate surface area is 141 Å². The van der Waals surface area contributed by atoms with E-state index in [1.165, 1.54) is 0 Å². The van der Waals surface area contributed by atoms with Crippen molar-refractivity contribution in [2.75, 3.05) is 7.11 Å². The molecule has 3 aromatic rings. The van der Waals surface area contributed by atoms with Crippen molar-refractivity contribution < 1.29 is 9.53 Å². The number of imidazole rings is 1. The van der Waals surface area contributed by atoms with Crippen molar-refractivity contribution in [1.29, 1.82) is 0 Å². The highest BCUT2D eigenvalue weighted by atomic mass is 16.5. The molecule has 5 nitrogen and oxygen atoms in total. The summed E-state index contributed by atoms with van der Waals surface area (Å²) in [5.74, 6) is 0.0278. The molecule has 0 fully saturated rings. The van der Waals surface area contributed by atoms with Crippen LogP contribution in [-0.4, -0.2) is 22.6 Å². The highest BCUT2D eigenvalue weighted by Crippen LogP contribution is 2.12. The molecule has 1 heterocycles. The molecule has 2 aromatic carbocycles. The Balaban J connectivity index is 1.55. The summed E-state index contributed by atoms with van der Waals surface area (Å²) < 4.78 is 7.20. The smallest absolute Gasteiger partial charge is 0.222 e. The molecule has 0 bridgehead atoms. The molecule has 0 atom stereocenters. The van der Waals surface area contributed by atoms with Crippen molar-refractivity contribution >= 4 is 16.9 Å². The van der Waals surface area contributed by atoms with E-state index in [9.17, 15) is 4.79 Å². The quantitative estimate of drug-likeness (QED) is 0.727. The fourth-order valence-electron chi connectivity index (χ4n) is 2.72. The Morgan fingerprint density at radius 2 is 1.88 bits per heavy atom. The van der Waals surface area contributed by atoms with E-state index in [0.29, 0.717) is 26.1 Å². The number of nitrogens with one attached hydrogen (secondary N) is 1. The fraction of sp³-hybridized carbons (Fsp3) is 0.263. The van der Waals surface area contributed by atoms with Crippen LogP contribution in [-0.2, 0) is 29.2 Å². The second-order valence-corrected chi connectivity index (χ2v) is 5.66. The van der Waals surface area contributed by atoms with Crippen molar-refractivity contribution in [3.05, 3.63) is 66.0 Å². The van der Waals surface area contributed by atoms with E-state index >= 15 is 0 Å². The monoisotopic (exact) mass is 323 g/mol. The van der Waals surface area contributed by atoms with E-state index in [4.69, 9.17) is 4.74 Å². The molecule has 1 aromatic heterocycles. The number of aryl methyl sites for hydroxylation is 1. The average Bonchev–Trinajstić information content (AvgIpc) is 3.03. The van der Waals surface area contributed by atoms with Crippen LogP contribution in [0, 0.1) is 0 Å². The largest absolute Gasteiger partial charge is 0.380 e. The first-order valence-electron chi connectivity index (χ1n) is 8.00. The Morgan fingerprint density at radius 3 is 2.71 bits per heavy atom. The molecule has 3 rings (SSSR count). The van der Waals surface area contributed by atoms with E-state index in [2.05, 4.69) is 10.3 Å². The first-order valence-corrected chi connectivity index (χ1v) is 8.00. The third kappa shape index (κ3) is 3.81. The third-order valence-corrected chi connectivity index (χ3v) is 4.00. The van der Waals surface area contributed by atoms with Crippen molar-refractivity contribution in [1.82, 2.24) is 14.9 Å². The summed E-state index contributed by atoms with van der Waals surface area (Å²) in [5, 5.41) is 2.98. The van der Waals surface area contributed by atoms with Crippen LogP contribution < -0.4 is 5.32 Å². The summed E-state index contributed by atoms with van der Waals surface area (Å²) in [4.78, 5) is 16.5. The number of hydrogen-bond acceptors (Lipinski definition) is 3. The normalized spacial score (nSPS) is 10.9. The van der Waals surface area contributed by atoms with Gasteiger partial charge < -0.3 is 14.6 Å². The number of fused-ring (bicyclic) bond motifs is 1. The van der Waals surface area contributed by atoms with Gasteiger partial charge in [-0.05, 0) is 23.3 Å². The zero-order valence-electron chi connectivity index (χ0n) is 13.7. The Kier molecular flexibility index (Phi) is 5.23. The number of rotatable bonds is 7. The van der Waals surface area contributed by atoms with Gasteiger partial charge in [0.25, 0.3) is 0 Å². The molecule has 0 unspecified atom stereocenters. The van der Waals surface area contributed by atoms with Crippen LogP contribution in [0.4, 0.5) is 0 Å². The second-order valence-electron chi connectivity index (χ2n) is 5.66. The van der Waals surface area contributed by atoms with Gasteiger partial charge >= 0.3 is 0 Å². The number of ether oxygens (including phenoxy) is 1. The number of aromatic nitrogens is 2. The predicted octanol–water partition coefficient (Wildman–Crippen LogP) is 2.89. The van der Waals surface area contributed by atoms with Gasteiger partial charge in [0.05, 0.1) is 24.0 Å². The minimum Gasteiger partial charge on any atom is -0.380 e. The molecule has 0 aliphatic heterocycles. The van der Waals surface area contributed by atoms with E-state index in [-0.39, 0.29) is 5.91 Å². The highest BCUT2D eigenvalue weighted by molar-refractivity contribution is 5.77. The number of nitrogens with zero attached hydrogens (tertiary/aromatic N) is 2. The van der Waals surface area contributed by atoms with Gasteiger partial charge in [0, 0.05) is 26.6 Å². The van der Waals surface area contributed by atoms with Crippen molar-refractivity contribution in [2.45, 2.75) is 26.1 Å². The molecule has 0 radical (unpaired) electrons. The molecule has 0 aliphatic rings. The maximum atomic E-state index is 12.1. The number of carbonyl (C=O) groups excluding carboxylic acids is 1. The van der Waals surface area contributed by atoms with Gasteiger partial charge in [0.2, 0.25) is 5.91 Å². The van der Waals surface area contributed by atoms with Crippen molar-refractivity contribution in [3.63, 3.8) is 0 Å². The molecule has 0 saturated heterocycles. The molecule has 0 spiro atoms. The Bertz CT molecular complexity index is 826. The lowest BCUT2D eigenvalue weighted by atomic mass is 10.1. The minimum absolute atomic E-state index is 0.0278. The first-order chi connectivity index (χ1) is 11.8. The van der Waals surface area contributed by atoms with E-state index in [1.54, 1.807) is 13.4 Å². The zero-order chi connectivity index (χ0) is 16.8. The fourth-order valence-corrected chi connectivity index (χ4v) is 2.72. The molecule has 0 aliphatic carbocycles. The summed E-state index contributed by atoms with van der Waals surface area (Å²) in [6.07, 6.45) is 2.21. The lowest BCUT2D eigenvalue weighted by Gasteiger charge is -2.10. The van der Waals surface area contributed by atoms with Gasteiger partial charge in [-0.1, -0.05) is 36.4 Å². The maximum Gasteiger partial charge on any atom is 0.222 e. The van der Waals surface area contributed by atoms with E-state index in [1.807, 2.05) is 53.1 Å². The van der Waals surface area contributed by atoms with E-state index in [0.717, 1.165) is 22.2 Å². The summed E-state index contributed by atoms with van der Waals surface area (Å²) in [6.45, 7) is 1.68. The summed E-state index contributed by atoms with van der Waals surface area (Å²) in [6, 6.07) is 15.9. The van der Waals surface area contributed by atoms with Gasteiger partial charge in [-0.15, -0.1) is 0 Å². The van der Waals surface area contributed by atoms with Gasteiger partial charge in [0.15, 0.2) is 0 Å². The third-order valence-electron chi connectivity index (χ3n) is 4.00. The van der Waals surface area contributed by atoms with Crippen LogP contribution >= 0.6 is 0 Å². The second kappa shape index (κ2) is 7.75. The van der Waals surface area contributed by atoms with Crippen LogP contribution in [0.3, 0.4) is 0 Å². The minimum atomic E-state index is 0.0278. The lowest BCUT2D eigenvalue weighted by Crippen LogP contribution is -2.24. The standard InChI is InChI=1S/C19H21N3O2/c1-24-13-16-7-3-2-6-15(16)12-20-19(23)10-11-22-14-21-17-8-4-5-9-18(17)22/h2-9,14H,10-13H2,1H3,(H,20,23). The number of benzene rings is 2. The van der Waals surface area contributed by atoms with Gasteiger partial charge in [-0.25, -0.2) is 4.98 Å². The molecule has 1 N–H and O–H groups in total. The van der Waals surface area contributed by atoms with Gasteiger partial charge in [-0.3, -0.25) is 4.79 Å².